The zero-order chi connectivity index (χ0) is 23.6. The van der Waals surface area contributed by atoms with Crippen molar-refractivity contribution in [1.29, 1.82) is 0 Å². The van der Waals surface area contributed by atoms with Gasteiger partial charge >= 0.3 is 11.8 Å². The largest absolute Gasteiger partial charge is 0.483 e. The molecule has 0 unspecified atom stereocenters. The maximum atomic E-state index is 12.2. The molecule has 0 fully saturated rings. The molecule has 0 aromatic heterocycles. The number of carbonyl (C=O) groups excluding carboxylic acids is 3. The van der Waals surface area contributed by atoms with Crippen LogP contribution in [-0.4, -0.2) is 30.5 Å². The Morgan fingerprint density at radius 2 is 1.36 bits per heavy atom. The monoisotopic (exact) mass is 444 g/mol. The Morgan fingerprint density at radius 3 is 2.03 bits per heavy atom. The predicted molar refractivity (Wildman–Crippen MR) is 127 cm³/mol. The number of aryl methyl sites for hydroxylation is 2. The highest BCUT2D eigenvalue weighted by Crippen LogP contribution is 2.17. The van der Waals surface area contributed by atoms with Crippen LogP contribution < -0.4 is 20.8 Å². The summed E-state index contributed by atoms with van der Waals surface area (Å²) < 4.78 is 5.61. The number of benzene rings is 3. The van der Waals surface area contributed by atoms with Gasteiger partial charge in [0.05, 0.1) is 6.21 Å². The summed E-state index contributed by atoms with van der Waals surface area (Å²) in [6, 6.07) is 21.5. The van der Waals surface area contributed by atoms with Gasteiger partial charge in [0.25, 0.3) is 5.91 Å². The van der Waals surface area contributed by atoms with Gasteiger partial charge in [0.2, 0.25) is 0 Å². The zero-order valence-electron chi connectivity index (χ0n) is 18.3. The number of ether oxygens (including phenoxy) is 1. The fourth-order valence-corrected chi connectivity index (χ4v) is 2.86. The van der Waals surface area contributed by atoms with E-state index in [0.29, 0.717) is 22.7 Å². The van der Waals surface area contributed by atoms with Crippen LogP contribution in [0.25, 0.3) is 0 Å². The first-order valence-electron chi connectivity index (χ1n) is 10.2. The quantitative estimate of drug-likeness (QED) is 0.295. The van der Waals surface area contributed by atoms with Crippen LogP contribution in [0.15, 0.2) is 77.9 Å². The lowest BCUT2D eigenvalue weighted by molar-refractivity contribution is -0.136. The molecule has 0 saturated carbocycles. The first-order chi connectivity index (χ1) is 15.9. The van der Waals surface area contributed by atoms with Crippen molar-refractivity contribution in [1.82, 2.24) is 5.43 Å². The minimum Gasteiger partial charge on any atom is -0.483 e. The van der Waals surface area contributed by atoms with Crippen LogP contribution in [0.4, 0.5) is 11.4 Å². The molecule has 0 heterocycles. The van der Waals surface area contributed by atoms with E-state index in [2.05, 4.69) is 21.2 Å². The van der Waals surface area contributed by atoms with Crippen molar-refractivity contribution in [3.05, 3.63) is 89.5 Å². The Morgan fingerprint density at radius 1 is 0.788 bits per heavy atom. The molecule has 3 N–H and O–H groups in total. The van der Waals surface area contributed by atoms with E-state index in [0.717, 1.165) is 11.1 Å². The molecule has 3 aromatic rings. The number of hydrogen-bond acceptors (Lipinski definition) is 5. The third-order valence-corrected chi connectivity index (χ3v) is 4.67. The van der Waals surface area contributed by atoms with Crippen molar-refractivity contribution in [3.63, 3.8) is 0 Å². The van der Waals surface area contributed by atoms with Crippen LogP contribution in [0.3, 0.4) is 0 Å². The summed E-state index contributed by atoms with van der Waals surface area (Å²) in [6.07, 6.45) is 1.34. The first kappa shape index (κ1) is 23.2. The summed E-state index contributed by atoms with van der Waals surface area (Å²) in [6.45, 7) is 3.52. The van der Waals surface area contributed by atoms with Crippen molar-refractivity contribution in [2.75, 3.05) is 17.2 Å². The van der Waals surface area contributed by atoms with E-state index in [1.54, 1.807) is 36.4 Å². The van der Waals surface area contributed by atoms with Gasteiger partial charge in [-0.3, -0.25) is 14.4 Å². The highest BCUT2D eigenvalue weighted by atomic mass is 16.5. The highest BCUT2D eigenvalue weighted by Gasteiger charge is 2.14. The normalized spacial score (nSPS) is 10.5. The molecule has 0 aliphatic rings. The molecular weight excluding hydrogens is 420 g/mol. The number of para-hydroxylation sites is 3. The van der Waals surface area contributed by atoms with Gasteiger partial charge in [-0.05, 0) is 49.2 Å². The standard InChI is InChI=1S/C25H24N4O4/c1-17-9-3-6-12-20(17)27-23(30)16-33-22-14-8-5-11-19(22)15-26-29-25(32)24(31)28-21-13-7-4-10-18(21)2/h3-15H,16H2,1-2H3,(H,27,30)(H,28,31)(H,29,32)/b26-15-. The molecule has 0 atom stereocenters. The minimum absolute atomic E-state index is 0.204. The van der Waals surface area contributed by atoms with Crippen LogP contribution >= 0.6 is 0 Å². The van der Waals surface area contributed by atoms with Crippen LogP contribution in [0.5, 0.6) is 5.75 Å². The highest BCUT2D eigenvalue weighted by molar-refractivity contribution is 6.39. The molecule has 3 rings (SSSR count). The SMILES string of the molecule is Cc1ccccc1NC(=O)COc1ccccc1/C=N\NC(=O)C(=O)Nc1ccccc1C. The Hall–Kier alpha value is -4.46. The molecule has 33 heavy (non-hydrogen) atoms. The number of anilines is 2. The van der Waals surface area contributed by atoms with Crippen LogP contribution in [0.2, 0.25) is 0 Å². The summed E-state index contributed by atoms with van der Waals surface area (Å²) >= 11 is 0. The summed E-state index contributed by atoms with van der Waals surface area (Å²) in [5, 5.41) is 9.16. The Bertz CT molecular complexity index is 1190. The lowest BCUT2D eigenvalue weighted by atomic mass is 10.2. The maximum absolute atomic E-state index is 12.2. The summed E-state index contributed by atoms with van der Waals surface area (Å²) in [4.78, 5) is 36.3. The second-order valence-corrected chi connectivity index (χ2v) is 7.16. The molecule has 8 nitrogen and oxygen atoms in total. The number of carbonyl (C=O) groups is 3. The van der Waals surface area contributed by atoms with E-state index in [9.17, 15) is 14.4 Å². The molecule has 3 amide bonds. The molecule has 3 aromatic carbocycles. The molecule has 0 saturated heterocycles. The van der Waals surface area contributed by atoms with E-state index in [1.165, 1.54) is 6.21 Å². The van der Waals surface area contributed by atoms with Gasteiger partial charge in [0, 0.05) is 16.9 Å². The number of nitrogens with zero attached hydrogens (tertiary/aromatic N) is 1. The van der Waals surface area contributed by atoms with Gasteiger partial charge in [-0.2, -0.15) is 5.10 Å². The van der Waals surface area contributed by atoms with Gasteiger partial charge in [-0.15, -0.1) is 0 Å². The second kappa shape index (κ2) is 11.2. The van der Waals surface area contributed by atoms with E-state index in [1.807, 2.05) is 50.2 Å². The van der Waals surface area contributed by atoms with Gasteiger partial charge in [0.1, 0.15) is 5.75 Å². The Balaban J connectivity index is 1.54. The lowest BCUT2D eigenvalue weighted by Crippen LogP contribution is -2.32. The molecule has 0 spiro atoms. The Kier molecular flexibility index (Phi) is 7.91. The fourth-order valence-electron chi connectivity index (χ4n) is 2.86. The average Bonchev–Trinajstić information content (AvgIpc) is 2.81. The van der Waals surface area contributed by atoms with Crippen molar-refractivity contribution in [2.45, 2.75) is 13.8 Å². The van der Waals surface area contributed by atoms with E-state index >= 15 is 0 Å². The molecule has 0 aliphatic carbocycles. The lowest BCUT2D eigenvalue weighted by Gasteiger charge is -2.11. The van der Waals surface area contributed by atoms with Crippen molar-refractivity contribution >= 4 is 35.3 Å². The second-order valence-electron chi connectivity index (χ2n) is 7.16. The number of amides is 3. The third-order valence-electron chi connectivity index (χ3n) is 4.67. The Labute approximate surface area is 191 Å². The van der Waals surface area contributed by atoms with Crippen LogP contribution in [-0.2, 0) is 14.4 Å². The van der Waals surface area contributed by atoms with E-state index in [-0.39, 0.29) is 12.5 Å². The average molecular weight is 444 g/mol. The van der Waals surface area contributed by atoms with Gasteiger partial charge < -0.3 is 15.4 Å². The molecule has 0 bridgehead atoms. The maximum Gasteiger partial charge on any atom is 0.329 e. The van der Waals surface area contributed by atoms with Crippen molar-refractivity contribution in [2.24, 2.45) is 5.10 Å². The van der Waals surface area contributed by atoms with Crippen LogP contribution in [0.1, 0.15) is 16.7 Å². The summed E-state index contributed by atoms with van der Waals surface area (Å²) in [5.74, 6) is -1.65. The van der Waals surface area contributed by atoms with Crippen LogP contribution in [0, 0.1) is 13.8 Å². The smallest absolute Gasteiger partial charge is 0.329 e. The summed E-state index contributed by atoms with van der Waals surface area (Å²) in [5.41, 5.74) is 5.75. The van der Waals surface area contributed by atoms with Crippen molar-refractivity contribution < 1.29 is 19.1 Å². The molecule has 8 heteroatoms. The molecule has 0 radical (unpaired) electrons. The third kappa shape index (κ3) is 6.76. The number of hydrogen-bond donors (Lipinski definition) is 3. The molecular formula is C25H24N4O4. The number of rotatable bonds is 7. The molecule has 168 valence electrons. The number of hydrazone groups is 1. The minimum atomic E-state index is -0.912. The zero-order valence-corrected chi connectivity index (χ0v) is 18.3. The van der Waals surface area contributed by atoms with Crippen molar-refractivity contribution in [3.8, 4) is 5.75 Å². The first-order valence-corrected chi connectivity index (χ1v) is 10.2. The fraction of sp³-hybridized carbons (Fsp3) is 0.120. The van der Waals surface area contributed by atoms with E-state index in [4.69, 9.17) is 4.74 Å². The van der Waals surface area contributed by atoms with Gasteiger partial charge in [-0.1, -0.05) is 48.5 Å². The van der Waals surface area contributed by atoms with Gasteiger partial charge in [0.15, 0.2) is 6.61 Å². The van der Waals surface area contributed by atoms with E-state index < -0.39 is 11.8 Å². The van der Waals surface area contributed by atoms with Gasteiger partial charge in [-0.25, -0.2) is 5.43 Å². The summed E-state index contributed by atoms with van der Waals surface area (Å²) in [7, 11) is 0. The number of nitrogens with one attached hydrogen (secondary N) is 3. The predicted octanol–water partition coefficient (Wildman–Crippen LogP) is 3.41. The molecule has 0 aliphatic heterocycles. The topological polar surface area (TPSA) is 109 Å².